The van der Waals surface area contributed by atoms with Crippen molar-refractivity contribution in [1.29, 1.82) is 0 Å². The lowest BCUT2D eigenvalue weighted by atomic mass is 9.97. The zero-order valence-corrected chi connectivity index (χ0v) is 20.0. The van der Waals surface area contributed by atoms with Crippen LogP contribution >= 0.6 is 0 Å². The summed E-state index contributed by atoms with van der Waals surface area (Å²) < 4.78 is 32.2. The molecule has 0 radical (unpaired) electrons. The van der Waals surface area contributed by atoms with Gasteiger partial charge in [-0.15, -0.1) is 0 Å². The van der Waals surface area contributed by atoms with Gasteiger partial charge in [-0.05, 0) is 67.6 Å². The molecule has 2 amide bonds. The second-order valence-corrected chi connectivity index (χ2v) is 10.3. The fourth-order valence-electron chi connectivity index (χ4n) is 3.70. The Morgan fingerprint density at radius 3 is 2.03 bits per heavy atom. The van der Waals surface area contributed by atoms with E-state index in [-0.39, 0.29) is 23.3 Å². The number of amides is 2. The summed E-state index contributed by atoms with van der Waals surface area (Å²) in [4.78, 5) is 24.4. The number of rotatable bonds is 7. The zero-order chi connectivity index (χ0) is 24.0. The van der Waals surface area contributed by atoms with Crippen LogP contribution in [0.1, 0.15) is 45.1 Å². The number of sulfonamides is 1. The van der Waals surface area contributed by atoms with Gasteiger partial charge in [0.25, 0.3) is 0 Å². The average molecular weight is 474 g/mol. The summed E-state index contributed by atoms with van der Waals surface area (Å²) >= 11 is 0. The Labute approximate surface area is 195 Å². The van der Waals surface area contributed by atoms with Gasteiger partial charge in [-0.1, -0.05) is 26.0 Å². The molecule has 2 N–H and O–H groups in total. The molecule has 0 unspecified atom stereocenters. The van der Waals surface area contributed by atoms with E-state index in [0.717, 1.165) is 5.56 Å². The van der Waals surface area contributed by atoms with Gasteiger partial charge in [-0.25, -0.2) is 13.2 Å². The van der Waals surface area contributed by atoms with E-state index < -0.39 is 16.1 Å². The van der Waals surface area contributed by atoms with Gasteiger partial charge in [0.1, 0.15) is 0 Å². The molecule has 2 aromatic carbocycles. The zero-order valence-electron chi connectivity index (χ0n) is 19.2. The molecule has 178 valence electrons. The molecule has 2 aromatic rings. The van der Waals surface area contributed by atoms with Gasteiger partial charge >= 0.3 is 6.09 Å². The Balaban J connectivity index is 1.53. The number of nitrogens with one attached hydrogen (secondary N) is 2. The Bertz CT molecular complexity index is 1060. The summed E-state index contributed by atoms with van der Waals surface area (Å²) in [5.74, 6) is -0.0717. The number of benzene rings is 2. The lowest BCUT2D eigenvalue weighted by Gasteiger charge is -2.30. The van der Waals surface area contributed by atoms with E-state index in [1.807, 2.05) is 12.1 Å². The summed E-state index contributed by atoms with van der Waals surface area (Å²) in [5.41, 5.74) is 2.26. The highest BCUT2D eigenvalue weighted by atomic mass is 32.2. The number of ether oxygens (including phenoxy) is 1. The molecule has 1 fully saturated rings. The average Bonchev–Trinajstić information content (AvgIpc) is 2.80. The minimum atomic E-state index is -3.57. The van der Waals surface area contributed by atoms with Gasteiger partial charge < -0.3 is 10.1 Å². The molecule has 1 heterocycles. The molecular weight excluding hydrogens is 442 g/mol. The smallest absolute Gasteiger partial charge is 0.411 e. The predicted molar refractivity (Wildman–Crippen MR) is 128 cm³/mol. The van der Waals surface area contributed by atoms with Gasteiger partial charge in [-0.2, -0.15) is 4.31 Å². The van der Waals surface area contributed by atoms with Crippen LogP contribution in [0.3, 0.4) is 0 Å². The van der Waals surface area contributed by atoms with Crippen LogP contribution in [0.4, 0.5) is 16.2 Å². The maximum atomic E-state index is 13.0. The number of nitrogens with zero attached hydrogens (tertiary/aromatic N) is 1. The first-order chi connectivity index (χ1) is 15.7. The highest BCUT2D eigenvalue weighted by molar-refractivity contribution is 7.89. The van der Waals surface area contributed by atoms with E-state index in [0.29, 0.717) is 43.2 Å². The monoisotopic (exact) mass is 473 g/mol. The molecule has 8 nitrogen and oxygen atoms in total. The molecule has 1 aliphatic heterocycles. The van der Waals surface area contributed by atoms with Crippen molar-refractivity contribution in [1.82, 2.24) is 4.31 Å². The highest BCUT2D eigenvalue weighted by Crippen LogP contribution is 2.26. The van der Waals surface area contributed by atoms with Gasteiger partial charge in [0.05, 0.1) is 11.5 Å². The van der Waals surface area contributed by atoms with E-state index in [4.69, 9.17) is 4.74 Å². The van der Waals surface area contributed by atoms with E-state index in [9.17, 15) is 18.0 Å². The van der Waals surface area contributed by atoms with Crippen molar-refractivity contribution in [2.45, 2.75) is 44.4 Å². The summed E-state index contributed by atoms with van der Waals surface area (Å²) in [6.07, 6.45) is 0.377. The number of anilines is 2. The van der Waals surface area contributed by atoms with Gasteiger partial charge in [0.15, 0.2) is 0 Å². The molecule has 33 heavy (non-hydrogen) atoms. The number of hydrogen-bond donors (Lipinski definition) is 2. The van der Waals surface area contributed by atoms with Crippen molar-refractivity contribution >= 4 is 33.4 Å². The SMILES string of the molecule is CCOC(=O)Nc1ccc(NC(=O)C2CCN(S(=O)(=O)c3ccc(C(C)C)cc3)CC2)cc1. The lowest BCUT2D eigenvalue weighted by Crippen LogP contribution is -2.41. The number of hydrogen-bond acceptors (Lipinski definition) is 5. The highest BCUT2D eigenvalue weighted by Gasteiger charge is 2.32. The summed E-state index contributed by atoms with van der Waals surface area (Å²) in [6.45, 7) is 6.73. The van der Waals surface area contributed by atoms with Gasteiger partial charge in [-0.3, -0.25) is 10.1 Å². The fraction of sp³-hybridized carbons (Fsp3) is 0.417. The third-order valence-electron chi connectivity index (χ3n) is 5.68. The van der Waals surface area contributed by atoms with Crippen LogP contribution in [-0.2, 0) is 19.6 Å². The van der Waals surface area contributed by atoms with Crippen LogP contribution in [0, 0.1) is 5.92 Å². The van der Waals surface area contributed by atoms with Crippen LogP contribution in [0.15, 0.2) is 53.4 Å². The largest absolute Gasteiger partial charge is 0.450 e. The van der Waals surface area contributed by atoms with Crippen molar-refractivity contribution in [2.75, 3.05) is 30.3 Å². The second kappa shape index (κ2) is 10.8. The molecule has 9 heteroatoms. The maximum Gasteiger partial charge on any atom is 0.411 e. The first-order valence-corrected chi connectivity index (χ1v) is 12.6. The maximum absolute atomic E-state index is 13.0. The molecular formula is C24H31N3O5S. The fourth-order valence-corrected chi connectivity index (χ4v) is 5.17. The van der Waals surface area contributed by atoms with E-state index >= 15 is 0 Å². The van der Waals surface area contributed by atoms with Crippen LogP contribution in [0.5, 0.6) is 0 Å². The van der Waals surface area contributed by atoms with Crippen LogP contribution in [-0.4, -0.2) is 44.4 Å². The first kappa shape index (κ1) is 24.7. The third kappa shape index (κ3) is 6.33. The Kier molecular flexibility index (Phi) is 8.10. The lowest BCUT2D eigenvalue weighted by molar-refractivity contribution is -0.120. The minimum absolute atomic E-state index is 0.139. The molecule has 0 bridgehead atoms. The van der Waals surface area contributed by atoms with E-state index in [1.165, 1.54) is 4.31 Å². The van der Waals surface area contributed by atoms with Crippen molar-refractivity contribution in [3.63, 3.8) is 0 Å². The minimum Gasteiger partial charge on any atom is -0.450 e. The topological polar surface area (TPSA) is 105 Å². The Hall–Kier alpha value is -2.91. The number of piperidine rings is 1. The molecule has 1 saturated heterocycles. The number of carbonyl (C=O) groups excluding carboxylic acids is 2. The van der Waals surface area contributed by atoms with Crippen molar-refractivity contribution < 1.29 is 22.7 Å². The molecule has 0 spiro atoms. The summed E-state index contributed by atoms with van der Waals surface area (Å²) in [7, 11) is -3.57. The van der Waals surface area contributed by atoms with Crippen molar-refractivity contribution in [3.05, 3.63) is 54.1 Å². The normalized spacial score (nSPS) is 15.3. The quantitative estimate of drug-likeness (QED) is 0.619. The number of carbonyl (C=O) groups is 2. The van der Waals surface area contributed by atoms with Crippen LogP contribution in [0.2, 0.25) is 0 Å². The van der Waals surface area contributed by atoms with Gasteiger partial charge in [0.2, 0.25) is 15.9 Å². The van der Waals surface area contributed by atoms with Crippen molar-refractivity contribution in [3.8, 4) is 0 Å². The summed E-state index contributed by atoms with van der Waals surface area (Å²) in [5, 5.41) is 5.46. The molecule has 0 saturated carbocycles. The molecule has 0 aliphatic carbocycles. The first-order valence-electron chi connectivity index (χ1n) is 11.2. The van der Waals surface area contributed by atoms with Crippen LogP contribution in [0.25, 0.3) is 0 Å². The van der Waals surface area contributed by atoms with E-state index in [2.05, 4.69) is 24.5 Å². The molecule has 3 rings (SSSR count). The summed E-state index contributed by atoms with van der Waals surface area (Å²) in [6, 6.07) is 13.8. The Morgan fingerprint density at radius 1 is 0.970 bits per heavy atom. The van der Waals surface area contributed by atoms with Gasteiger partial charge in [0, 0.05) is 30.4 Å². The third-order valence-corrected chi connectivity index (χ3v) is 7.60. The molecule has 0 atom stereocenters. The van der Waals surface area contributed by atoms with E-state index in [1.54, 1.807) is 43.3 Å². The van der Waals surface area contributed by atoms with Crippen molar-refractivity contribution in [2.24, 2.45) is 5.92 Å². The Morgan fingerprint density at radius 2 is 1.52 bits per heavy atom. The predicted octanol–water partition coefficient (Wildman–Crippen LogP) is 4.42. The van der Waals surface area contributed by atoms with Crippen LogP contribution < -0.4 is 10.6 Å². The second-order valence-electron chi connectivity index (χ2n) is 8.31. The standard InChI is InChI=1S/C24H31N3O5S/c1-4-32-24(29)26-21-9-7-20(8-10-21)25-23(28)19-13-15-27(16-14-19)33(30,31)22-11-5-18(6-12-22)17(2)3/h5-12,17,19H,4,13-16H2,1-3H3,(H,25,28)(H,26,29). The molecule has 0 aromatic heterocycles. The molecule has 1 aliphatic rings.